The van der Waals surface area contributed by atoms with Gasteiger partial charge in [0.25, 0.3) is 0 Å². The highest BCUT2D eigenvalue weighted by atomic mass is 16.6. The predicted molar refractivity (Wildman–Crippen MR) is 95.8 cm³/mol. The Bertz CT molecular complexity index is 432. The summed E-state index contributed by atoms with van der Waals surface area (Å²) in [4.78, 5) is 35.3. The van der Waals surface area contributed by atoms with Crippen LogP contribution in [0.1, 0.15) is 91.4 Å². The van der Waals surface area contributed by atoms with Crippen LogP contribution in [-0.2, 0) is 23.9 Å². The van der Waals surface area contributed by atoms with Gasteiger partial charge in [0.1, 0.15) is 12.0 Å². The molecule has 1 saturated heterocycles. The smallest absolute Gasteiger partial charge is 0.321 e. The van der Waals surface area contributed by atoms with E-state index >= 15 is 0 Å². The van der Waals surface area contributed by atoms with Gasteiger partial charge in [0.15, 0.2) is 0 Å². The molecule has 3 unspecified atom stereocenters. The van der Waals surface area contributed by atoms with Crippen molar-refractivity contribution in [2.75, 3.05) is 0 Å². The molecule has 144 valence electrons. The van der Waals surface area contributed by atoms with Crippen LogP contribution in [0.2, 0.25) is 0 Å². The molecule has 0 saturated carbocycles. The molecule has 0 radical (unpaired) electrons. The lowest BCUT2D eigenvalue weighted by Crippen LogP contribution is -2.33. The molecule has 1 fully saturated rings. The maximum Gasteiger partial charge on any atom is 0.321 e. The molecule has 5 nitrogen and oxygen atoms in total. The van der Waals surface area contributed by atoms with Crippen LogP contribution in [0.4, 0.5) is 0 Å². The molecule has 0 aromatic heterocycles. The minimum absolute atomic E-state index is 0.283. The molecular formula is C20H34O5. The first kappa shape index (κ1) is 21.7. The van der Waals surface area contributed by atoms with E-state index in [1.807, 2.05) is 6.92 Å². The molecule has 1 rings (SSSR count). The first-order chi connectivity index (χ1) is 12.0. The number of cyclic esters (lactones) is 2. The SMILES string of the molecule is CCCCCCCCCCCC(=O)OC(CC)C1C(=O)OC(=O)C1C. The highest BCUT2D eigenvalue weighted by Gasteiger charge is 2.46. The van der Waals surface area contributed by atoms with E-state index in [1.54, 1.807) is 6.92 Å². The Balaban J connectivity index is 2.18. The molecule has 0 N–H and O–H groups in total. The topological polar surface area (TPSA) is 69.7 Å². The highest BCUT2D eigenvalue weighted by Crippen LogP contribution is 2.29. The van der Waals surface area contributed by atoms with Gasteiger partial charge >= 0.3 is 17.9 Å². The van der Waals surface area contributed by atoms with E-state index in [2.05, 4.69) is 11.7 Å². The number of carbonyl (C=O) groups is 3. The first-order valence-electron chi connectivity index (χ1n) is 9.96. The van der Waals surface area contributed by atoms with Crippen LogP contribution < -0.4 is 0 Å². The number of esters is 3. The summed E-state index contributed by atoms with van der Waals surface area (Å²) in [5.41, 5.74) is 0. The zero-order valence-electron chi connectivity index (χ0n) is 16.1. The maximum absolute atomic E-state index is 12.0. The molecule has 5 heteroatoms. The standard InChI is InChI=1S/C20H34O5/c1-4-6-7-8-9-10-11-12-13-14-17(21)24-16(5-2)18-15(3)19(22)25-20(18)23/h15-16,18H,4-14H2,1-3H3. The predicted octanol–water partition coefficient (Wildman–Crippen LogP) is 4.56. The van der Waals surface area contributed by atoms with Gasteiger partial charge < -0.3 is 9.47 Å². The Morgan fingerprint density at radius 3 is 2.00 bits per heavy atom. The molecule has 25 heavy (non-hydrogen) atoms. The summed E-state index contributed by atoms with van der Waals surface area (Å²) in [5, 5.41) is 0. The summed E-state index contributed by atoms with van der Waals surface area (Å²) in [7, 11) is 0. The van der Waals surface area contributed by atoms with Crippen molar-refractivity contribution in [3.05, 3.63) is 0 Å². The third kappa shape index (κ3) is 7.57. The Kier molecular flexibility index (Phi) is 10.4. The molecule has 0 aromatic carbocycles. The zero-order valence-corrected chi connectivity index (χ0v) is 16.1. The fourth-order valence-electron chi connectivity index (χ4n) is 3.30. The summed E-state index contributed by atoms with van der Waals surface area (Å²) in [6.07, 6.45) is 11.0. The van der Waals surface area contributed by atoms with Gasteiger partial charge in [-0.3, -0.25) is 14.4 Å². The van der Waals surface area contributed by atoms with E-state index in [9.17, 15) is 14.4 Å². The number of hydrogen-bond acceptors (Lipinski definition) is 5. The summed E-state index contributed by atoms with van der Waals surface area (Å²) in [6.45, 7) is 5.71. The van der Waals surface area contributed by atoms with Gasteiger partial charge in [-0.2, -0.15) is 0 Å². The Morgan fingerprint density at radius 2 is 1.52 bits per heavy atom. The number of hydrogen-bond donors (Lipinski definition) is 0. The van der Waals surface area contributed by atoms with Gasteiger partial charge in [0.2, 0.25) is 0 Å². The van der Waals surface area contributed by atoms with Crippen LogP contribution in [0.3, 0.4) is 0 Å². The fourth-order valence-corrected chi connectivity index (χ4v) is 3.30. The summed E-state index contributed by atoms with van der Waals surface area (Å²) in [6, 6.07) is 0. The van der Waals surface area contributed by atoms with Crippen LogP contribution in [-0.4, -0.2) is 24.0 Å². The van der Waals surface area contributed by atoms with Crippen molar-refractivity contribution < 1.29 is 23.9 Å². The second kappa shape index (κ2) is 12.0. The molecule has 0 aliphatic carbocycles. The van der Waals surface area contributed by atoms with Crippen molar-refractivity contribution >= 4 is 17.9 Å². The van der Waals surface area contributed by atoms with Crippen molar-refractivity contribution in [1.29, 1.82) is 0 Å². The fraction of sp³-hybridized carbons (Fsp3) is 0.850. The molecule has 1 aliphatic rings. The van der Waals surface area contributed by atoms with Crippen LogP contribution in [0.5, 0.6) is 0 Å². The molecule has 0 spiro atoms. The van der Waals surface area contributed by atoms with Crippen molar-refractivity contribution in [3.63, 3.8) is 0 Å². The quantitative estimate of drug-likeness (QED) is 0.275. The number of carbonyl (C=O) groups excluding carboxylic acids is 3. The normalized spacial score (nSPS) is 21.2. The van der Waals surface area contributed by atoms with E-state index < -0.39 is 29.9 Å². The van der Waals surface area contributed by atoms with Crippen molar-refractivity contribution in [3.8, 4) is 0 Å². The lowest BCUT2D eigenvalue weighted by atomic mass is 9.90. The number of rotatable bonds is 13. The average molecular weight is 354 g/mol. The van der Waals surface area contributed by atoms with Gasteiger partial charge in [-0.25, -0.2) is 0 Å². The Labute approximate surface area is 151 Å². The zero-order chi connectivity index (χ0) is 18.7. The maximum atomic E-state index is 12.0. The van der Waals surface area contributed by atoms with Gasteiger partial charge in [-0.1, -0.05) is 72.1 Å². The summed E-state index contributed by atoms with van der Waals surface area (Å²) < 4.78 is 10.1. The minimum Gasteiger partial charge on any atom is -0.461 e. The van der Waals surface area contributed by atoms with E-state index in [0.29, 0.717) is 12.8 Å². The highest BCUT2D eigenvalue weighted by molar-refractivity contribution is 5.96. The van der Waals surface area contributed by atoms with Crippen LogP contribution in [0, 0.1) is 11.8 Å². The Morgan fingerprint density at radius 1 is 0.960 bits per heavy atom. The second-order valence-corrected chi connectivity index (χ2v) is 7.07. The molecule has 1 heterocycles. The van der Waals surface area contributed by atoms with Crippen molar-refractivity contribution in [2.45, 2.75) is 97.5 Å². The largest absolute Gasteiger partial charge is 0.461 e. The third-order valence-electron chi connectivity index (χ3n) is 4.95. The van der Waals surface area contributed by atoms with E-state index in [1.165, 1.54) is 38.5 Å². The Hall–Kier alpha value is -1.39. The molecule has 0 amide bonds. The van der Waals surface area contributed by atoms with Crippen LogP contribution in [0.25, 0.3) is 0 Å². The van der Waals surface area contributed by atoms with E-state index in [-0.39, 0.29) is 5.97 Å². The molecule has 1 aliphatic heterocycles. The lowest BCUT2D eigenvalue weighted by molar-refractivity contribution is -0.158. The van der Waals surface area contributed by atoms with Crippen LogP contribution >= 0.6 is 0 Å². The minimum atomic E-state index is -0.662. The molecule has 0 aromatic rings. The van der Waals surface area contributed by atoms with Crippen LogP contribution in [0.15, 0.2) is 0 Å². The van der Waals surface area contributed by atoms with E-state index in [4.69, 9.17) is 4.74 Å². The molecular weight excluding hydrogens is 320 g/mol. The van der Waals surface area contributed by atoms with Crippen molar-refractivity contribution in [1.82, 2.24) is 0 Å². The number of ether oxygens (including phenoxy) is 2. The summed E-state index contributed by atoms with van der Waals surface area (Å²) in [5.74, 6) is -2.58. The first-order valence-corrected chi connectivity index (χ1v) is 9.96. The summed E-state index contributed by atoms with van der Waals surface area (Å²) >= 11 is 0. The third-order valence-corrected chi connectivity index (χ3v) is 4.95. The van der Waals surface area contributed by atoms with Gasteiger partial charge in [-0.15, -0.1) is 0 Å². The van der Waals surface area contributed by atoms with E-state index in [0.717, 1.165) is 19.3 Å². The monoisotopic (exact) mass is 354 g/mol. The molecule has 3 atom stereocenters. The average Bonchev–Trinajstić information content (AvgIpc) is 2.84. The van der Waals surface area contributed by atoms with Crippen molar-refractivity contribution in [2.24, 2.45) is 11.8 Å². The molecule has 0 bridgehead atoms. The number of unbranched alkanes of at least 4 members (excludes halogenated alkanes) is 8. The lowest BCUT2D eigenvalue weighted by Gasteiger charge is -2.21. The second-order valence-electron chi connectivity index (χ2n) is 7.07. The van der Waals surface area contributed by atoms with Gasteiger partial charge in [0.05, 0.1) is 5.92 Å². The van der Waals surface area contributed by atoms with Gasteiger partial charge in [0, 0.05) is 6.42 Å². The van der Waals surface area contributed by atoms with Gasteiger partial charge in [-0.05, 0) is 12.8 Å².